The summed E-state index contributed by atoms with van der Waals surface area (Å²) in [6, 6.07) is 16.2. The van der Waals surface area contributed by atoms with Crippen molar-refractivity contribution in [1.82, 2.24) is 9.78 Å². The fraction of sp³-hybridized carbons (Fsp3) is 0.0870. The van der Waals surface area contributed by atoms with Crippen molar-refractivity contribution in [3.8, 4) is 5.75 Å². The van der Waals surface area contributed by atoms with E-state index in [0.717, 1.165) is 5.56 Å². The zero-order chi connectivity index (χ0) is 21.8. The van der Waals surface area contributed by atoms with E-state index in [9.17, 15) is 14.7 Å². The highest BCUT2D eigenvalue weighted by atomic mass is 16.5. The summed E-state index contributed by atoms with van der Waals surface area (Å²) < 4.78 is 6.84. The first-order valence-corrected chi connectivity index (χ1v) is 9.54. The summed E-state index contributed by atoms with van der Waals surface area (Å²) in [6.45, 7) is 0. The van der Waals surface area contributed by atoms with Gasteiger partial charge in [0, 0.05) is 0 Å². The molecule has 0 saturated heterocycles. The normalized spacial score (nSPS) is 15.0. The van der Waals surface area contributed by atoms with Crippen molar-refractivity contribution in [2.75, 3.05) is 17.7 Å². The van der Waals surface area contributed by atoms with Gasteiger partial charge in [-0.3, -0.25) is 4.79 Å². The first-order valence-electron chi connectivity index (χ1n) is 9.54. The van der Waals surface area contributed by atoms with Crippen LogP contribution in [-0.4, -0.2) is 33.9 Å². The number of anilines is 2. The first kappa shape index (κ1) is 20.0. The number of carboxylic acids is 1. The molecule has 31 heavy (non-hydrogen) atoms. The first-order chi connectivity index (χ1) is 15.1. The molecule has 2 heterocycles. The molecular formula is C23H20N4O4. The number of carbonyl (C=O) groups is 2. The molecule has 0 bridgehead atoms. The maximum Gasteiger partial charge on any atom is 0.352 e. The van der Waals surface area contributed by atoms with E-state index >= 15 is 0 Å². The van der Waals surface area contributed by atoms with Crippen LogP contribution in [0, 0.1) is 0 Å². The molecule has 0 radical (unpaired) electrons. The molecule has 1 aromatic heterocycles. The number of ether oxygens (including phenoxy) is 1. The second-order valence-corrected chi connectivity index (χ2v) is 6.78. The third-order valence-electron chi connectivity index (χ3n) is 4.78. The molecule has 0 spiro atoms. The Hall–Kier alpha value is -4.33. The predicted molar refractivity (Wildman–Crippen MR) is 117 cm³/mol. The molecule has 156 valence electrons. The number of amides is 1. The minimum absolute atomic E-state index is 0.0259. The molecular weight excluding hydrogens is 396 g/mol. The third kappa shape index (κ3) is 4.18. The number of methoxy groups -OCH3 is 1. The highest BCUT2D eigenvalue weighted by Gasteiger charge is 2.27. The fourth-order valence-corrected chi connectivity index (χ4v) is 3.26. The van der Waals surface area contributed by atoms with Crippen LogP contribution in [0.3, 0.4) is 0 Å². The number of allylic oxidation sites excluding steroid dienone is 2. The van der Waals surface area contributed by atoms with Gasteiger partial charge in [-0.2, -0.15) is 5.10 Å². The highest BCUT2D eigenvalue weighted by molar-refractivity contribution is 6.09. The zero-order valence-electron chi connectivity index (χ0n) is 16.6. The van der Waals surface area contributed by atoms with Crippen molar-refractivity contribution >= 4 is 29.5 Å². The van der Waals surface area contributed by atoms with Gasteiger partial charge >= 0.3 is 5.97 Å². The van der Waals surface area contributed by atoms with Crippen LogP contribution in [0.25, 0.3) is 6.08 Å². The highest BCUT2D eigenvalue weighted by Crippen LogP contribution is 2.31. The summed E-state index contributed by atoms with van der Waals surface area (Å²) in [4.78, 5) is 24.6. The van der Waals surface area contributed by atoms with Crippen LogP contribution in [0.2, 0.25) is 0 Å². The molecule has 3 N–H and O–H groups in total. The van der Waals surface area contributed by atoms with Crippen LogP contribution in [0.4, 0.5) is 11.5 Å². The molecule has 1 aliphatic heterocycles. The van der Waals surface area contributed by atoms with Crippen LogP contribution < -0.4 is 15.4 Å². The van der Waals surface area contributed by atoms with Gasteiger partial charge in [-0.1, -0.05) is 54.6 Å². The van der Waals surface area contributed by atoms with Gasteiger partial charge in [-0.25, -0.2) is 9.48 Å². The fourth-order valence-electron chi connectivity index (χ4n) is 3.26. The molecule has 3 aromatic rings. The second-order valence-electron chi connectivity index (χ2n) is 6.78. The monoisotopic (exact) mass is 416 g/mol. The van der Waals surface area contributed by atoms with Crippen LogP contribution in [0.5, 0.6) is 5.75 Å². The van der Waals surface area contributed by atoms with Crippen LogP contribution in [-0.2, 0) is 4.79 Å². The SMILES string of the molecule is COc1ccccc1NC(=O)c1cnn2c1NC(C(=O)O)=C[C@H]2/C=C/c1ccccc1. The van der Waals surface area contributed by atoms with E-state index in [0.29, 0.717) is 17.3 Å². The Kier molecular flexibility index (Phi) is 5.53. The molecule has 0 saturated carbocycles. The maximum absolute atomic E-state index is 12.9. The van der Waals surface area contributed by atoms with E-state index in [1.807, 2.05) is 42.5 Å². The Bertz CT molecular complexity index is 1180. The molecule has 8 nitrogen and oxygen atoms in total. The number of fused-ring (bicyclic) bond motifs is 1. The molecule has 0 unspecified atom stereocenters. The lowest BCUT2D eigenvalue weighted by molar-refractivity contribution is -0.132. The van der Waals surface area contributed by atoms with Crippen molar-refractivity contribution in [1.29, 1.82) is 0 Å². The number of hydrogen-bond acceptors (Lipinski definition) is 5. The van der Waals surface area contributed by atoms with Gasteiger partial charge in [-0.05, 0) is 23.8 Å². The van der Waals surface area contributed by atoms with Crippen molar-refractivity contribution in [3.63, 3.8) is 0 Å². The average molecular weight is 416 g/mol. The van der Waals surface area contributed by atoms with E-state index < -0.39 is 17.9 Å². The standard InChI is InChI=1S/C23H20N4O4/c1-31-20-10-6-5-9-18(20)26-22(28)17-14-24-27-16(12-11-15-7-3-2-4-8-15)13-19(23(29)30)25-21(17)27/h2-14,16,25H,1H3,(H,26,28)(H,29,30)/b12-11+/t16-/m1/s1. The van der Waals surface area contributed by atoms with Gasteiger partial charge in [0.25, 0.3) is 5.91 Å². The maximum atomic E-state index is 12.9. The summed E-state index contributed by atoms with van der Waals surface area (Å²) in [5.41, 5.74) is 1.66. The van der Waals surface area contributed by atoms with Crippen LogP contribution in [0.15, 0.2) is 78.6 Å². The van der Waals surface area contributed by atoms with Crippen LogP contribution >= 0.6 is 0 Å². The van der Waals surface area contributed by atoms with E-state index in [1.54, 1.807) is 35.0 Å². The lowest BCUT2D eigenvalue weighted by atomic mass is 10.1. The molecule has 0 fully saturated rings. The summed E-state index contributed by atoms with van der Waals surface area (Å²) in [6.07, 6.45) is 6.67. The average Bonchev–Trinajstić information content (AvgIpc) is 3.23. The molecule has 1 atom stereocenters. The third-order valence-corrected chi connectivity index (χ3v) is 4.78. The van der Waals surface area contributed by atoms with Crippen molar-refractivity contribution in [2.24, 2.45) is 0 Å². The van der Waals surface area contributed by atoms with Crippen molar-refractivity contribution < 1.29 is 19.4 Å². The Morgan fingerprint density at radius 3 is 2.65 bits per heavy atom. The summed E-state index contributed by atoms with van der Waals surface area (Å²) in [7, 11) is 1.52. The Balaban J connectivity index is 1.66. The number of hydrogen-bond donors (Lipinski definition) is 3. The number of carboxylic acid groups (broad SMARTS) is 1. The van der Waals surface area contributed by atoms with E-state index in [2.05, 4.69) is 15.7 Å². The molecule has 0 aliphatic carbocycles. The number of nitrogens with zero attached hydrogens (tertiary/aromatic N) is 2. The minimum Gasteiger partial charge on any atom is -0.495 e. The van der Waals surface area contributed by atoms with Gasteiger partial charge in [-0.15, -0.1) is 0 Å². The Morgan fingerprint density at radius 2 is 1.90 bits per heavy atom. The molecule has 1 amide bonds. The Labute approximate surface area is 178 Å². The minimum atomic E-state index is -1.12. The van der Waals surface area contributed by atoms with Gasteiger partial charge < -0.3 is 20.5 Å². The number of aromatic nitrogens is 2. The quantitative estimate of drug-likeness (QED) is 0.565. The summed E-state index contributed by atoms with van der Waals surface area (Å²) in [5.74, 6) is -0.744. The molecule has 1 aliphatic rings. The van der Waals surface area contributed by atoms with Crippen LogP contribution in [0.1, 0.15) is 22.0 Å². The number of aliphatic carboxylic acids is 1. The molecule has 8 heteroatoms. The van der Waals surface area contributed by atoms with Gasteiger partial charge in [0.1, 0.15) is 22.8 Å². The van der Waals surface area contributed by atoms with Gasteiger partial charge in [0.2, 0.25) is 0 Å². The van der Waals surface area contributed by atoms with Crippen molar-refractivity contribution in [3.05, 3.63) is 89.8 Å². The lowest BCUT2D eigenvalue weighted by Gasteiger charge is -2.22. The predicted octanol–water partition coefficient (Wildman–Crippen LogP) is 3.79. The van der Waals surface area contributed by atoms with E-state index in [-0.39, 0.29) is 11.3 Å². The topological polar surface area (TPSA) is 105 Å². The Morgan fingerprint density at radius 1 is 1.16 bits per heavy atom. The number of carbonyl (C=O) groups excluding carboxylic acids is 1. The summed E-state index contributed by atoms with van der Waals surface area (Å²) in [5, 5.41) is 19.5. The van der Waals surface area contributed by atoms with E-state index in [1.165, 1.54) is 13.3 Å². The largest absolute Gasteiger partial charge is 0.495 e. The number of benzene rings is 2. The van der Waals surface area contributed by atoms with Gasteiger partial charge in [0.15, 0.2) is 0 Å². The summed E-state index contributed by atoms with van der Waals surface area (Å²) >= 11 is 0. The number of para-hydroxylation sites is 2. The number of rotatable bonds is 6. The smallest absolute Gasteiger partial charge is 0.352 e. The molecule has 4 rings (SSSR count). The van der Waals surface area contributed by atoms with Gasteiger partial charge in [0.05, 0.1) is 25.0 Å². The number of nitrogens with one attached hydrogen (secondary N) is 2. The molecule has 2 aromatic carbocycles. The zero-order valence-corrected chi connectivity index (χ0v) is 16.6. The lowest BCUT2D eigenvalue weighted by Crippen LogP contribution is -2.24. The van der Waals surface area contributed by atoms with Crippen molar-refractivity contribution in [2.45, 2.75) is 6.04 Å². The van der Waals surface area contributed by atoms with E-state index in [4.69, 9.17) is 4.74 Å². The second kappa shape index (κ2) is 8.58.